The van der Waals surface area contributed by atoms with Gasteiger partial charge in [0.1, 0.15) is 5.52 Å². The summed E-state index contributed by atoms with van der Waals surface area (Å²) in [5, 5.41) is 11.8. The van der Waals surface area contributed by atoms with Gasteiger partial charge in [-0.3, -0.25) is 0 Å². The van der Waals surface area contributed by atoms with Crippen LogP contribution in [0.4, 0.5) is 5.69 Å². The van der Waals surface area contributed by atoms with Crippen molar-refractivity contribution >= 4 is 22.7 Å². The van der Waals surface area contributed by atoms with Crippen LogP contribution in [0, 0.1) is 6.92 Å². The minimum atomic E-state index is 0.149. The molecule has 3 aromatic rings. The van der Waals surface area contributed by atoms with E-state index in [1.807, 2.05) is 50.2 Å². The molecule has 0 aliphatic carbocycles. The van der Waals surface area contributed by atoms with Crippen LogP contribution < -0.4 is 5.32 Å². The number of hydrogen-bond donors (Lipinski definition) is 1. The molecule has 1 aromatic heterocycles. The number of benzene rings is 2. The van der Waals surface area contributed by atoms with Gasteiger partial charge >= 0.3 is 0 Å². The first-order chi connectivity index (χ1) is 10.6. The quantitative estimate of drug-likeness (QED) is 0.581. The molecule has 0 aliphatic rings. The molecule has 5 heteroatoms. The zero-order valence-corrected chi connectivity index (χ0v) is 13.0. The average molecular weight is 293 g/mol. The number of para-hydroxylation sites is 1. The van der Waals surface area contributed by atoms with Crippen molar-refractivity contribution in [1.29, 1.82) is 0 Å². The van der Waals surface area contributed by atoms with Crippen LogP contribution in [0.25, 0.3) is 11.0 Å². The number of hydrogen-bond acceptors (Lipinski definition) is 3. The second-order valence-corrected chi connectivity index (χ2v) is 5.53. The van der Waals surface area contributed by atoms with Gasteiger partial charge < -0.3 is 5.32 Å². The smallest absolute Gasteiger partial charge is 0.225 e. The minimum Gasteiger partial charge on any atom is -0.324 e. The maximum atomic E-state index is 4.65. The molecule has 2 aromatic carbocycles. The lowest BCUT2D eigenvalue weighted by Gasteiger charge is -2.12. The van der Waals surface area contributed by atoms with Crippen molar-refractivity contribution < 1.29 is 0 Å². The fraction of sp³-hybridized carbons (Fsp3) is 0.235. The van der Waals surface area contributed by atoms with E-state index in [4.69, 9.17) is 0 Å². The Morgan fingerprint density at radius 3 is 2.55 bits per heavy atom. The summed E-state index contributed by atoms with van der Waals surface area (Å²) in [5.74, 6) is 0.674. The highest BCUT2D eigenvalue weighted by atomic mass is 15.5. The zero-order chi connectivity index (χ0) is 15.5. The van der Waals surface area contributed by atoms with E-state index in [-0.39, 0.29) is 6.04 Å². The normalized spacial score (nSPS) is 12.1. The van der Waals surface area contributed by atoms with Gasteiger partial charge in [-0.2, -0.15) is 4.68 Å². The van der Waals surface area contributed by atoms with Crippen LogP contribution in [0.5, 0.6) is 0 Å². The van der Waals surface area contributed by atoms with Gasteiger partial charge in [0.05, 0.1) is 5.52 Å². The van der Waals surface area contributed by atoms with E-state index < -0.39 is 0 Å². The number of aliphatic imine (C=N–C) groups is 1. The summed E-state index contributed by atoms with van der Waals surface area (Å²) in [5.41, 5.74) is 3.98. The Kier molecular flexibility index (Phi) is 3.87. The molecule has 0 spiro atoms. The lowest BCUT2D eigenvalue weighted by molar-refractivity contribution is 0.796. The summed E-state index contributed by atoms with van der Waals surface area (Å²) in [7, 11) is 0. The van der Waals surface area contributed by atoms with Gasteiger partial charge in [0.2, 0.25) is 5.96 Å². The first-order valence-corrected chi connectivity index (χ1v) is 7.36. The van der Waals surface area contributed by atoms with Crippen molar-refractivity contribution in [2.45, 2.75) is 26.8 Å². The van der Waals surface area contributed by atoms with Crippen LogP contribution in [0.15, 0.2) is 53.5 Å². The molecule has 0 amide bonds. The number of nitrogens with zero attached hydrogens (tertiary/aromatic N) is 4. The van der Waals surface area contributed by atoms with Crippen LogP contribution in [0.1, 0.15) is 19.4 Å². The number of aryl methyl sites for hydroxylation is 1. The third kappa shape index (κ3) is 2.98. The molecule has 1 N–H and O–H groups in total. The van der Waals surface area contributed by atoms with Crippen molar-refractivity contribution in [1.82, 2.24) is 15.0 Å². The Morgan fingerprint density at radius 2 is 1.82 bits per heavy atom. The molecule has 0 bridgehead atoms. The largest absolute Gasteiger partial charge is 0.324 e. The van der Waals surface area contributed by atoms with Crippen LogP contribution in [-0.4, -0.2) is 27.0 Å². The molecule has 0 radical (unpaired) electrons. The van der Waals surface area contributed by atoms with Gasteiger partial charge in [-0.25, -0.2) is 4.99 Å². The van der Waals surface area contributed by atoms with Gasteiger partial charge in [-0.05, 0) is 45.0 Å². The fourth-order valence-corrected chi connectivity index (χ4v) is 2.18. The molecule has 0 fully saturated rings. The standard InChI is InChI=1S/C17H19N5/c1-12(2)18-17(19-14-10-8-13(3)9-11-14)22-16-7-5-4-6-15(16)20-21-22/h4-12H,1-3H3,(H,18,19). The Hall–Kier alpha value is -2.69. The van der Waals surface area contributed by atoms with E-state index >= 15 is 0 Å². The molecule has 3 rings (SSSR count). The first-order valence-electron chi connectivity index (χ1n) is 7.36. The molecule has 5 nitrogen and oxygen atoms in total. The molecule has 0 aliphatic heterocycles. The Morgan fingerprint density at radius 1 is 1.09 bits per heavy atom. The van der Waals surface area contributed by atoms with Crippen molar-refractivity contribution in [2.75, 3.05) is 5.32 Å². The minimum absolute atomic E-state index is 0.149. The van der Waals surface area contributed by atoms with E-state index in [2.05, 4.69) is 39.7 Å². The van der Waals surface area contributed by atoms with Crippen molar-refractivity contribution in [2.24, 2.45) is 4.99 Å². The molecule has 0 saturated heterocycles. The van der Waals surface area contributed by atoms with Gasteiger partial charge in [-0.15, -0.1) is 5.10 Å². The van der Waals surface area contributed by atoms with Crippen LogP contribution in [0.2, 0.25) is 0 Å². The van der Waals surface area contributed by atoms with Gasteiger partial charge in [-0.1, -0.05) is 35.0 Å². The summed E-state index contributed by atoms with van der Waals surface area (Å²) in [6.45, 7) is 6.14. The van der Waals surface area contributed by atoms with Crippen LogP contribution in [-0.2, 0) is 0 Å². The average Bonchev–Trinajstić information content (AvgIpc) is 2.92. The predicted octanol–water partition coefficient (Wildman–Crippen LogP) is 3.46. The Bertz CT molecular complexity index is 799. The van der Waals surface area contributed by atoms with E-state index in [1.165, 1.54) is 5.56 Å². The lowest BCUT2D eigenvalue weighted by atomic mass is 10.2. The Balaban J connectivity index is 2.02. The van der Waals surface area contributed by atoms with Gasteiger partial charge in [0.15, 0.2) is 0 Å². The molecule has 112 valence electrons. The summed E-state index contributed by atoms with van der Waals surface area (Å²) in [4.78, 5) is 4.65. The molecular weight excluding hydrogens is 274 g/mol. The molecule has 22 heavy (non-hydrogen) atoms. The third-order valence-corrected chi connectivity index (χ3v) is 3.24. The second-order valence-electron chi connectivity index (χ2n) is 5.53. The van der Waals surface area contributed by atoms with Crippen molar-refractivity contribution in [3.63, 3.8) is 0 Å². The molecule has 0 unspecified atom stereocenters. The molecule has 0 atom stereocenters. The molecule has 0 saturated carbocycles. The van der Waals surface area contributed by atoms with E-state index in [9.17, 15) is 0 Å². The van der Waals surface area contributed by atoms with Crippen LogP contribution >= 0.6 is 0 Å². The molecule has 1 heterocycles. The van der Waals surface area contributed by atoms with E-state index in [0.717, 1.165) is 16.7 Å². The summed E-state index contributed by atoms with van der Waals surface area (Å²) in [6.07, 6.45) is 0. The highest BCUT2D eigenvalue weighted by Gasteiger charge is 2.11. The lowest BCUT2D eigenvalue weighted by Crippen LogP contribution is -2.24. The summed E-state index contributed by atoms with van der Waals surface area (Å²) in [6, 6.07) is 16.2. The first kappa shape index (κ1) is 14.3. The van der Waals surface area contributed by atoms with Crippen LogP contribution in [0.3, 0.4) is 0 Å². The van der Waals surface area contributed by atoms with Crippen molar-refractivity contribution in [3.8, 4) is 0 Å². The summed E-state index contributed by atoms with van der Waals surface area (Å²) >= 11 is 0. The van der Waals surface area contributed by atoms with Gasteiger partial charge in [0, 0.05) is 11.7 Å². The number of aromatic nitrogens is 3. The predicted molar refractivity (Wildman–Crippen MR) is 90.3 cm³/mol. The second kappa shape index (κ2) is 5.97. The zero-order valence-electron chi connectivity index (χ0n) is 13.0. The van der Waals surface area contributed by atoms with Gasteiger partial charge in [0.25, 0.3) is 0 Å². The number of anilines is 1. The molecular formula is C17H19N5. The fourth-order valence-electron chi connectivity index (χ4n) is 2.18. The number of nitrogens with one attached hydrogen (secondary N) is 1. The highest BCUT2D eigenvalue weighted by Crippen LogP contribution is 2.13. The Labute approximate surface area is 129 Å². The topological polar surface area (TPSA) is 55.1 Å². The maximum absolute atomic E-state index is 4.65. The monoisotopic (exact) mass is 293 g/mol. The van der Waals surface area contributed by atoms with E-state index in [1.54, 1.807) is 4.68 Å². The number of fused-ring (bicyclic) bond motifs is 1. The highest BCUT2D eigenvalue weighted by molar-refractivity contribution is 5.99. The number of rotatable bonds is 2. The summed E-state index contributed by atoms with van der Waals surface area (Å²) < 4.78 is 1.75. The van der Waals surface area contributed by atoms with E-state index in [0.29, 0.717) is 5.96 Å². The third-order valence-electron chi connectivity index (χ3n) is 3.24. The SMILES string of the molecule is Cc1ccc(NC(=NC(C)C)n2nnc3ccccc32)cc1. The van der Waals surface area contributed by atoms with Crippen molar-refractivity contribution in [3.05, 3.63) is 54.1 Å². The maximum Gasteiger partial charge on any atom is 0.225 e.